The number of anilines is 1. The Labute approximate surface area is 237 Å². The van der Waals surface area contributed by atoms with Crippen molar-refractivity contribution in [3.05, 3.63) is 71.4 Å². The highest BCUT2D eigenvalue weighted by molar-refractivity contribution is 7.92. The molecule has 12 heteroatoms. The molecule has 0 amide bonds. The van der Waals surface area contributed by atoms with Crippen molar-refractivity contribution in [1.29, 1.82) is 0 Å². The highest BCUT2D eigenvalue weighted by atomic mass is 32.2. The Bertz CT molecular complexity index is 1500. The lowest BCUT2D eigenvalue weighted by molar-refractivity contribution is 0.0513. The first-order chi connectivity index (χ1) is 19.2. The van der Waals surface area contributed by atoms with Gasteiger partial charge in [-0.25, -0.2) is 17.7 Å². The quantitative estimate of drug-likeness (QED) is 0.231. The molecule has 0 spiro atoms. The van der Waals surface area contributed by atoms with E-state index in [-0.39, 0.29) is 53.0 Å². The van der Waals surface area contributed by atoms with Crippen LogP contribution in [0.2, 0.25) is 0 Å². The summed E-state index contributed by atoms with van der Waals surface area (Å²) < 4.78 is 46.9. The Kier molecular flexibility index (Phi) is 9.58. The molecule has 0 aliphatic rings. The van der Waals surface area contributed by atoms with Gasteiger partial charge >= 0.3 is 0 Å². The molecule has 0 aliphatic carbocycles. The van der Waals surface area contributed by atoms with E-state index in [1.165, 1.54) is 34.9 Å². The molecule has 10 nitrogen and oxygen atoms in total. The minimum Gasteiger partial charge on any atom is -0.493 e. The molecule has 0 saturated heterocycles. The van der Waals surface area contributed by atoms with E-state index in [9.17, 15) is 18.6 Å². The SMILES string of the molecule is COc1ccccc1Oc1c(OC[C@@H](O)CO)nc(-c2ccsc2)nc1N(CC(C)C)S(=O)(=O)c1ccccc1. The van der Waals surface area contributed by atoms with Gasteiger partial charge < -0.3 is 24.4 Å². The first-order valence-electron chi connectivity index (χ1n) is 12.5. The van der Waals surface area contributed by atoms with Gasteiger partial charge in [0.2, 0.25) is 5.75 Å². The van der Waals surface area contributed by atoms with Crippen molar-refractivity contribution in [2.45, 2.75) is 24.8 Å². The summed E-state index contributed by atoms with van der Waals surface area (Å²) in [5, 5.41) is 23.1. The van der Waals surface area contributed by atoms with Crippen molar-refractivity contribution < 1.29 is 32.8 Å². The largest absolute Gasteiger partial charge is 0.493 e. The molecule has 0 aliphatic heterocycles. The lowest BCUT2D eigenvalue weighted by atomic mass is 10.2. The molecule has 4 aromatic rings. The topological polar surface area (TPSA) is 131 Å². The third-order valence-electron chi connectivity index (χ3n) is 5.60. The molecule has 1 atom stereocenters. The lowest BCUT2D eigenvalue weighted by Gasteiger charge is -2.28. The van der Waals surface area contributed by atoms with Gasteiger partial charge in [0.05, 0.1) is 18.6 Å². The Morgan fingerprint density at radius 1 is 1.00 bits per heavy atom. The molecule has 0 bridgehead atoms. The fourth-order valence-electron chi connectivity index (χ4n) is 3.69. The summed E-state index contributed by atoms with van der Waals surface area (Å²) in [5.41, 5.74) is 0.643. The lowest BCUT2D eigenvalue weighted by Crippen LogP contribution is -2.35. The van der Waals surface area contributed by atoms with Crippen LogP contribution in [0.1, 0.15) is 13.8 Å². The Morgan fingerprint density at radius 2 is 1.70 bits per heavy atom. The van der Waals surface area contributed by atoms with Gasteiger partial charge in [-0.15, -0.1) is 0 Å². The van der Waals surface area contributed by atoms with Crippen LogP contribution < -0.4 is 18.5 Å². The van der Waals surface area contributed by atoms with Gasteiger partial charge in [-0.3, -0.25) is 0 Å². The van der Waals surface area contributed by atoms with E-state index in [1.54, 1.807) is 48.5 Å². The minimum absolute atomic E-state index is 0.0480. The van der Waals surface area contributed by atoms with Gasteiger partial charge in [-0.1, -0.05) is 44.2 Å². The number of benzene rings is 2. The number of aliphatic hydroxyl groups is 2. The molecule has 2 aromatic carbocycles. The van der Waals surface area contributed by atoms with Crippen molar-refractivity contribution >= 4 is 27.2 Å². The highest BCUT2D eigenvalue weighted by Gasteiger charge is 2.33. The van der Waals surface area contributed by atoms with Crippen LogP contribution in [0.5, 0.6) is 23.1 Å². The molecule has 2 N–H and O–H groups in total. The number of para-hydroxylation sites is 2. The number of sulfonamides is 1. The van der Waals surface area contributed by atoms with Gasteiger partial charge in [0.1, 0.15) is 12.7 Å². The van der Waals surface area contributed by atoms with E-state index in [0.29, 0.717) is 11.3 Å². The van der Waals surface area contributed by atoms with Crippen LogP contribution in [0.3, 0.4) is 0 Å². The van der Waals surface area contributed by atoms with Crippen molar-refractivity contribution in [1.82, 2.24) is 9.97 Å². The molecule has 0 unspecified atom stereocenters. The molecule has 40 heavy (non-hydrogen) atoms. The van der Waals surface area contributed by atoms with Crippen LogP contribution in [0.25, 0.3) is 11.4 Å². The van der Waals surface area contributed by atoms with Crippen LogP contribution in [-0.2, 0) is 10.0 Å². The normalized spacial score (nSPS) is 12.2. The zero-order valence-electron chi connectivity index (χ0n) is 22.3. The maximum Gasteiger partial charge on any atom is 0.265 e. The summed E-state index contributed by atoms with van der Waals surface area (Å²) >= 11 is 1.43. The highest BCUT2D eigenvalue weighted by Crippen LogP contribution is 2.44. The monoisotopic (exact) mass is 585 g/mol. The van der Waals surface area contributed by atoms with Gasteiger partial charge in [0.15, 0.2) is 23.1 Å². The number of rotatable bonds is 13. The number of ether oxygens (including phenoxy) is 3. The predicted octanol–water partition coefficient (Wildman–Crippen LogP) is 4.59. The standard InChI is InChI=1S/C28H31N3O7S2/c1-19(2)15-31(40(34,35)22-9-5-4-6-10-22)27-25(38-24-12-8-7-11-23(24)36-3)28(37-17-21(33)16-32)30-26(29-27)20-13-14-39-18-20/h4-14,18-19,21,32-33H,15-17H2,1-3H3/t21-/m0/s1. The Balaban J connectivity index is 2.00. The molecule has 2 heterocycles. The van der Waals surface area contributed by atoms with Crippen LogP contribution in [0.15, 0.2) is 76.3 Å². The zero-order chi connectivity index (χ0) is 28.7. The molecular formula is C28H31N3O7S2. The van der Waals surface area contributed by atoms with Crippen molar-refractivity contribution in [3.63, 3.8) is 0 Å². The van der Waals surface area contributed by atoms with E-state index in [0.717, 1.165) is 0 Å². The van der Waals surface area contributed by atoms with Crippen LogP contribution in [-0.4, -0.2) is 61.6 Å². The van der Waals surface area contributed by atoms with E-state index in [2.05, 4.69) is 4.98 Å². The number of aliphatic hydroxyl groups excluding tert-OH is 2. The summed E-state index contributed by atoms with van der Waals surface area (Å²) in [6.45, 7) is 2.99. The fourth-order valence-corrected chi connectivity index (χ4v) is 5.92. The Morgan fingerprint density at radius 3 is 2.33 bits per heavy atom. The third-order valence-corrected chi connectivity index (χ3v) is 8.05. The second kappa shape index (κ2) is 13.1. The van der Waals surface area contributed by atoms with Gasteiger partial charge in [0.25, 0.3) is 15.9 Å². The van der Waals surface area contributed by atoms with Gasteiger partial charge in [-0.2, -0.15) is 16.3 Å². The van der Waals surface area contributed by atoms with Crippen molar-refractivity contribution in [2.24, 2.45) is 5.92 Å². The minimum atomic E-state index is -4.13. The number of thiophene rings is 1. The van der Waals surface area contributed by atoms with Crippen LogP contribution in [0.4, 0.5) is 5.82 Å². The molecule has 0 radical (unpaired) electrons. The number of hydrogen-bond acceptors (Lipinski definition) is 10. The maximum absolute atomic E-state index is 14.1. The second-order valence-electron chi connectivity index (χ2n) is 9.16. The average molecular weight is 586 g/mol. The molecular weight excluding hydrogens is 554 g/mol. The summed E-state index contributed by atoms with van der Waals surface area (Å²) in [7, 11) is -2.64. The van der Waals surface area contributed by atoms with Gasteiger partial charge in [-0.05, 0) is 41.6 Å². The summed E-state index contributed by atoms with van der Waals surface area (Å²) in [5.74, 6) is 0.515. The van der Waals surface area contributed by atoms with Crippen molar-refractivity contribution in [3.8, 4) is 34.5 Å². The van der Waals surface area contributed by atoms with E-state index < -0.39 is 22.7 Å². The summed E-state index contributed by atoms with van der Waals surface area (Å²) in [4.78, 5) is 9.32. The van der Waals surface area contributed by atoms with E-state index in [1.807, 2.05) is 24.6 Å². The summed E-state index contributed by atoms with van der Waals surface area (Å²) in [6, 6.07) is 16.7. The second-order valence-corrected chi connectivity index (χ2v) is 11.8. The van der Waals surface area contributed by atoms with Crippen LogP contribution >= 0.6 is 11.3 Å². The smallest absolute Gasteiger partial charge is 0.265 e. The van der Waals surface area contributed by atoms with Crippen molar-refractivity contribution in [2.75, 3.05) is 31.2 Å². The Hall–Kier alpha value is -3.71. The molecule has 4 rings (SSSR count). The zero-order valence-corrected chi connectivity index (χ0v) is 23.9. The maximum atomic E-state index is 14.1. The number of aromatic nitrogens is 2. The number of nitrogens with zero attached hydrogens (tertiary/aromatic N) is 3. The summed E-state index contributed by atoms with van der Waals surface area (Å²) in [6.07, 6.45) is -1.21. The first-order valence-corrected chi connectivity index (χ1v) is 14.9. The third kappa shape index (κ3) is 6.70. The number of methoxy groups -OCH3 is 1. The fraction of sp³-hybridized carbons (Fsp3) is 0.286. The van der Waals surface area contributed by atoms with Crippen LogP contribution in [0, 0.1) is 5.92 Å². The molecule has 0 saturated carbocycles. The van der Waals surface area contributed by atoms with E-state index >= 15 is 0 Å². The average Bonchev–Trinajstić information content (AvgIpc) is 3.51. The van der Waals surface area contributed by atoms with Gasteiger partial charge in [0, 0.05) is 17.5 Å². The first kappa shape index (κ1) is 29.3. The van der Waals surface area contributed by atoms with E-state index in [4.69, 9.17) is 19.2 Å². The molecule has 0 fully saturated rings. The number of hydrogen-bond donors (Lipinski definition) is 2. The molecule has 2 aromatic heterocycles. The molecule has 212 valence electrons. The predicted molar refractivity (Wildman–Crippen MR) is 153 cm³/mol.